The summed E-state index contributed by atoms with van der Waals surface area (Å²) in [4.78, 5) is 0. The monoisotopic (exact) mass is 162 g/mol. The third kappa shape index (κ3) is 9.88. The normalized spacial score (nSPS) is 13.9. The maximum Gasteiger partial charge on any atom is 0.151 e. The van der Waals surface area contributed by atoms with Gasteiger partial charge in [-0.3, -0.25) is 0 Å². The van der Waals surface area contributed by atoms with E-state index >= 15 is 0 Å². The molecule has 0 fully saturated rings. The number of hydrogen-bond donors (Lipinski definition) is 1. The fourth-order valence-electron chi connectivity index (χ4n) is 0.597. The molecule has 0 heterocycles. The largest absolute Gasteiger partial charge is 0.379 e. The minimum Gasteiger partial charge on any atom is -0.379 e. The summed E-state index contributed by atoms with van der Waals surface area (Å²) in [7, 11) is 0. The second kappa shape index (κ2) is 6.58. The topological polar surface area (TPSA) is 38.7 Å². The van der Waals surface area contributed by atoms with Crippen LogP contribution in [-0.2, 0) is 9.47 Å². The molecule has 0 aliphatic heterocycles. The molecule has 0 saturated heterocycles. The molecule has 0 aromatic carbocycles. The maximum absolute atomic E-state index is 8.68. The van der Waals surface area contributed by atoms with Crippen molar-refractivity contribution in [3.63, 3.8) is 0 Å². The molecule has 0 aromatic rings. The van der Waals surface area contributed by atoms with Crippen molar-refractivity contribution in [1.82, 2.24) is 0 Å². The summed E-state index contributed by atoms with van der Waals surface area (Å²) in [6, 6.07) is 0. The molecule has 3 nitrogen and oxygen atoms in total. The minimum absolute atomic E-state index is 0.463. The Kier molecular flexibility index (Phi) is 6.51. The SMILES string of the molecule is CC(C)COCCOC(C)O. The van der Waals surface area contributed by atoms with Gasteiger partial charge in [-0.2, -0.15) is 0 Å². The van der Waals surface area contributed by atoms with Crippen LogP contribution >= 0.6 is 0 Å². The molecule has 0 aromatic heterocycles. The second-order valence-electron chi connectivity index (χ2n) is 2.94. The van der Waals surface area contributed by atoms with Gasteiger partial charge in [-0.15, -0.1) is 0 Å². The number of aliphatic hydroxyl groups is 1. The highest BCUT2D eigenvalue weighted by atomic mass is 16.6. The molecule has 11 heavy (non-hydrogen) atoms. The van der Waals surface area contributed by atoms with Crippen molar-refractivity contribution in [2.45, 2.75) is 27.1 Å². The zero-order chi connectivity index (χ0) is 8.69. The summed E-state index contributed by atoms with van der Waals surface area (Å²) in [5, 5.41) is 8.68. The van der Waals surface area contributed by atoms with Crippen LogP contribution in [0.5, 0.6) is 0 Å². The summed E-state index contributed by atoms with van der Waals surface area (Å²) >= 11 is 0. The van der Waals surface area contributed by atoms with Crippen molar-refractivity contribution in [1.29, 1.82) is 0 Å². The van der Waals surface area contributed by atoms with Crippen LogP contribution in [0.3, 0.4) is 0 Å². The summed E-state index contributed by atoms with van der Waals surface area (Å²) < 4.78 is 10.1. The molecule has 0 aliphatic rings. The summed E-state index contributed by atoms with van der Waals surface area (Å²) in [6.45, 7) is 7.55. The molecule has 0 aliphatic carbocycles. The molecule has 0 radical (unpaired) electrons. The Bertz CT molecular complexity index is 71.4. The molecule has 1 N–H and O–H groups in total. The van der Waals surface area contributed by atoms with Crippen LogP contribution in [0.25, 0.3) is 0 Å². The minimum atomic E-state index is -0.683. The van der Waals surface area contributed by atoms with E-state index in [0.717, 1.165) is 6.61 Å². The molecule has 0 saturated carbocycles. The summed E-state index contributed by atoms with van der Waals surface area (Å²) in [5.41, 5.74) is 0. The molecule has 1 unspecified atom stereocenters. The fraction of sp³-hybridized carbons (Fsp3) is 1.00. The highest BCUT2D eigenvalue weighted by molar-refractivity contribution is 4.39. The Morgan fingerprint density at radius 3 is 2.27 bits per heavy atom. The lowest BCUT2D eigenvalue weighted by molar-refractivity contribution is -0.100. The van der Waals surface area contributed by atoms with E-state index in [1.165, 1.54) is 0 Å². The Morgan fingerprint density at radius 2 is 1.82 bits per heavy atom. The van der Waals surface area contributed by atoms with Crippen LogP contribution in [0, 0.1) is 5.92 Å². The van der Waals surface area contributed by atoms with Gasteiger partial charge in [-0.1, -0.05) is 13.8 Å². The van der Waals surface area contributed by atoms with Gasteiger partial charge in [-0.25, -0.2) is 0 Å². The molecule has 0 spiro atoms. The Balaban J connectivity index is 2.91. The molecule has 0 amide bonds. The number of hydrogen-bond acceptors (Lipinski definition) is 3. The Hall–Kier alpha value is -0.120. The lowest BCUT2D eigenvalue weighted by Crippen LogP contribution is -2.13. The van der Waals surface area contributed by atoms with Crippen LogP contribution in [-0.4, -0.2) is 31.2 Å². The third-order valence-corrected chi connectivity index (χ3v) is 1.04. The molecule has 1 atom stereocenters. The van der Waals surface area contributed by atoms with E-state index in [9.17, 15) is 0 Å². The zero-order valence-electron chi connectivity index (χ0n) is 7.54. The quantitative estimate of drug-likeness (QED) is 0.468. The predicted octanol–water partition coefficient (Wildman–Crippen LogP) is 1.01. The summed E-state index contributed by atoms with van der Waals surface area (Å²) in [6.07, 6.45) is -0.683. The van der Waals surface area contributed by atoms with Crippen molar-refractivity contribution in [2.75, 3.05) is 19.8 Å². The van der Waals surface area contributed by atoms with E-state index in [2.05, 4.69) is 13.8 Å². The Morgan fingerprint density at radius 1 is 1.18 bits per heavy atom. The molecule has 0 bridgehead atoms. The van der Waals surface area contributed by atoms with Gasteiger partial charge in [0.15, 0.2) is 6.29 Å². The lowest BCUT2D eigenvalue weighted by atomic mass is 10.2. The summed E-state index contributed by atoms with van der Waals surface area (Å²) in [5.74, 6) is 0.557. The van der Waals surface area contributed by atoms with Gasteiger partial charge in [0.2, 0.25) is 0 Å². The molecular formula is C8H18O3. The van der Waals surface area contributed by atoms with Gasteiger partial charge in [0.1, 0.15) is 0 Å². The van der Waals surface area contributed by atoms with Crippen LogP contribution < -0.4 is 0 Å². The van der Waals surface area contributed by atoms with Crippen molar-refractivity contribution in [3.8, 4) is 0 Å². The van der Waals surface area contributed by atoms with E-state index in [0.29, 0.717) is 19.1 Å². The molecule has 0 rings (SSSR count). The lowest BCUT2D eigenvalue weighted by Gasteiger charge is -2.08. The van der Waals surface area contributed by atoms with Crippen molar-refractivity contribution in [2.24, 2.45) is 5.92 Å². The first-order valence-corrected chi connectivity index (χ1v) is 4.00. The average molecular weight is 162 g/mol. The molecular weight excluding hydrogens is 144 g/mol. The van der Waals surface area contributed by atoms with Gasteiger partial charge >= 0.3 is 0 Å². The van der Waals surface area contributed by atoms with Gasteiger partial charge < -0.3 is 14.6 Å². The number of aliphatic hydroxyl groups excluding tert-OH is 1. The smallest absolute Gasteiger partial charge is 0.151 e. The Labute approximate surface area is 68.3 Å². The van der Waals surface area contributed by atoms with E-state index < -0.39 is 6.29 Å². The average Bonchev–Trinajstić information content (AvgIpc) is 1.85. The number of rotatable bonds is 6. The molecule has 68 valence electrons. The van der Waals surface area contributed by atoms with E-state index in [1.807, 2.05) is 0 Å². The van der Waals surface area contributed by atoms with E-state index in [1.54, 1.807) is 6.92 Å². The van der Waals surface area contributed by atoms with Crippen LogP contribution in [0.1, 0.15) is 20.8 Å². The van der Waals surface area contributed by atoms with Gasteiger partial charge in [0, 0.05) is 6.61 Å². The van der Waals surface area contributed by atoms with Crippen molar-refractivity contribution < 1.29 is 14.6 Å². The van der Waals surface area contributed by atoms with Crippen molar-refractivity contribution in [3.05, 3.63) is 0 Å². The van der Waals surface area contributed by atoms with E-state index in [4.69, 9.17) is 14.6 Å². The van der Waals surface area contributed by atoms with Gasteiger partial charge in [-0.05, 0) is 12.8 Å². The van der Waals surface area contributed by atoms with Crippen LogP contribution in [0.4, 0.5) is 0 Å². The highest BCUT2D eigenvalue weighted by Gasteiger charge is 1.95. The zero-order valence-corrected chi connectivity index (χ0v) is 7.54. The predicted molar refractivity (Wildman–Crippen MR) is 43.3 cm³/mol. The third-order valence-electron chi connectivity index (χ3n) is 1.04. The van der Waals surface area contributed by atoms with Crippen LogP contribution in [0.15, 0.2) is 0 Å². The van der Waals surface area contributed by atoms with E-state index in [-0.39, 0.29) is 0 Å². The highest BCUT2D eigenvalue weighted by Crippen LogP contribution is 1.92. The van der Waals surface area contributed by atoms with Gasteiger partial charge in [0.25, 0.3) is 0 Å². The maximum atomic E-state index is 8.68. The number of ether oxygens (including phenoxy) is 2. The van der Waals surface area contributed by atoms with Gasteiger partial charge in [0.05, 0.1) is 13.2 Å². The first-order chi connectivity index (χ1) is 5.13. The first kappa shape index (κ1) is 10.9. The second-order valence-corrected chi connectivity index (χ2v) is 2.94. The van der Waals surface area contributed by atoms with Crippen LogP contribution in [0.2, 0.25) is 0 Å². The first-order valence-electron chi connectivity index (χ1n) is 4.00. The fourth-order valence-corrected chi connectivity index (χ4v) is 0.597. The van der Waals surface area contributed by atoms with Crippen molar-refractivity contribution >= 4 is 0 Å². The standard InChI is InChI=1S/C8H18O3/c1-7(2)6-10-4-5-11-8(3)9/h7-9H,4-6H2,1-3H3. The molecule has 3 heteroatoms.